The number of aliphatic carboxylic acids is 1. The molecule has 0 saturated carbocycles. The van der Waals surface area contributed by atoms with Crippen molar-refractivity contribution in [3.63, 3.8) is 0 Å². The molecule has 2 N–H and O–H groups in total. The van der Waals surface area contributed by atoms with Gasteiger partial charge in [-0.05, 0) is 26.7 Å². The second-order valence-electron chi connectivity index (χ2n) is 4.84. The summed E-state index contributed by atoms with van der Waals surface area (Å²) in [6.45, 7) is 3.98. The molecule has 0 radical (unpaired) electrons. The van der Waals surface area contributed by atoms with Crippen LogP contribution in [-0.4, -0.2) is 47.8 Å². The summed E-state index contributed by atoms with van der Waals surface area (Å²) in [4.78, 5) is 24.1. The van der Waals surface area contributed by atoms with Crippen LogP contribution in [0.2, 0.25) is 0 Å². The highest BCUT2D eigenvalue weighted by Crippen LogP contribution is 2.29. The minimum Gasteiger partial charge on any atom is -0.481 e. The number of urea groups is 1. The van der Waals surface area contributed by atoms with Gasteiger partial charge in [-0.3, -0.25) is 4.79 Å². The van der Waals surface area contributed by atoms with Crippen LogP contribution in [-0.2, 0) is 4.79 Å². The van der Waals surface area contributed by atoms with Gasteiger partial charge in [0.25, 0.3) is 0 Å². The summed E-state index contributed by atoms with van der Waals surface area (Å²) in [6.07, 6.45) is -0.219. The molecular weight excluding hydrogens is 227 g/mol. The lowest BCUT2D eigenvalue weighted by molar-refractivity contribution is -0.146. The number of rotatable bonds is 4. The Labute approximate surface area is 100.0 Å². The molecule has 0 aliphatic carbocycles. The van der Waals surface area contributed by atoms with Gasteiger partial charge in [0, 0.05) is 19.6 Å². The Kier molecular flexibility index (Phi) is 4.31. The molecule has 2 atom stereocenters. The SMILES string of the molecule is CC(F)CCNC(=O)N1CCC(C)(C(=O)O)C1. The van der Waals surface area contributed by atoms with Gasteiger partial charge in [0.15, 0.2) is 0 Å². The summed E-state index contributed by atoms with van der Waals surface area (Å²) < 4.78 is 12.5. The number of amides is 2. The van der Waals surface area contributed by atoms with E-state index in [1.807, 2.05) is 0 Å². The van der Waals surface area contributed by atoms with Crippen LogP contribution >= 0.6 is 0 Å². The first-order valence-electron chi connectivity index (χ1n) is 5.75. The Morgan fingerprint density at radius 2 is 2.24 bits per heavy atom. The number of carboxylic acid groups (broad SMARTS) is 1. The molecule has 1 saturated heterocycles. The second-order valence-corrected chi connectivity index (χ2v) is 4.84. The largest absolute Gasteiger partial charge is 0.481 e. The minimum atomic E-state index is -0.946. The molecule has 0 bridgehead atoms. The molecule has 2 amide bonds. The summed E-state index contributed by atoms with van der Waals surface area (Å²) in [7, 11) is 0. The summed E-state index contributed by atoms with van der Waals surface area (Å²) >= 11 is 0. The molecule has 5 nitrogen and oxygen atoms in total. The van der Waals surface area contributed by atoms with Crippen LogP contribution in [0.4, 0.5) is 9.18 Å². The number of nitrogens with one attached hydrogen (secondary N) is 1. The molecule has 1 aliphatic heterocycles. The molecule has 0 aromatic heterocycles. The number of carbonyl (C=O) groups is 2. The lowest BCUT2D eigenvalue weighted by Crippen LogP contribution is -2.41. The monoisotopic (exact) mass is 246 g/mol. The molecule has 0 spiro atoms. The van der Waals surface area contributed by atoms with Gasteiger partial charge in [0.1, 0.15) is 0 Å². The maximum atomic E-state index is 12.5. The maximum Gasteiger partial charge on any atom is 0.317 e. The fourth-order valence-corrected chi connectivity index (χ4v) is 1.80. The summed E-state index contributed by atoms with van der Waals surface area (Å²) in [6, 6.07) is -0.310. The third-order valence-corrected chi connectivity index (χ3v) is 3.10. The number of hydrogen-bond donors (Lipinski definition) is 2. The predicted octanol–water partition coefficient (Wildman–Crippen LogP) is 1.24. The van der Waals surface area contributed by atoms with Crippen LogP contribution in [0.5, 0.6) is 0 Å². The van der Waals surface area contributed by atoms with E-state index in [1.54, 1.807) is 6.92 Å². The maximum absolute atomic E-state index is 12.5. The first-order chi connectivity index (χ1) is 7.85. The topological polar surface area (TPSA) is 69.6 Å². The number of nitrogens with zero attached hydrogens (tertiary/aromatic N) is 1. The molecule has 0 aromatic carbocycles. The van der Waals surface area contributed by atoms with Crippen molar-refractivity contribution < 1.29 is 19.1 Å². The number of carbonyl (C=O) groups excluding carboxylic acids is 1. The van der Waals surface area contributed by atoms with Crippen LogP contribution < -0.4 is 5.32 Å². The quantitative estimate of drug-likeness (QED) is 0.784. The van der Waals surface area contributed by atoms with Gasteiger partial charge < -0.3 is 15.3 Å². The molecule has 6 heteroatoms. The average molecular weight is 246 g/mol. The number of hydrogen-bond acceptors (Lipinski definition) is 2. The Balaban J connectivity index is 2.38. The second kappa shape index (κ2) is 5.33. The number of halogens is 1. The van der Waals surface area contributed by atoms with Crippen LogP contribution in [0.1, 0.15) is 26.7 Å². The fourth-order valence-electron chi connectivity index (χ4n) is 1.80. The van der Waals surface area contributed by atoms with Crippen molar-refractivity contribution in [3.8, 4) is 0 Å². The van der Waals surface area contributed by atoms with Crippen molar-refractivity contribution in [2.45, 2.75) is 32.9 Å². The molecule has 1 fully saturated rings. The highest BCUT2D eigenvalue weighted by Gasteiger charge is 2.42. The lowest BCUT2D eigenvalue weighted by Gasteiger charge is -2.20. The third-order valence-electron chi connectivity index (χ3n) is 3.10. The average Bonchev–Trinajstić information content (AvgIpc) is 2.62. The normalized spacial score (nSPS) is 25.7. The Hall–Kier alpha value is -1.33. The summed E-state index contributed by atoms with van der Waals surface area (Å²) in [5, 5.41) is 11.6. The lowest BCUT2D eigenvalue weighted by atomic mass is 9.90. The van der Waals surface area contributed by atoms with Crippen LogP contribution in [0.15, 0.2) is 0 Å². The molecule has 1 rings (SSSR count). The zero-order chi connectivity index (χ0) is 13.1. The molecule has 1 aliphatic rings. The smallest absolute Gasteiger partial charge is 0.317 e. The Bertz CT molecular complexity index is 309. The van der Waals surface area contributed by atoms with Gasteiger partial charge in [0.2, 0.25) is 0 Å². The molecule has 17 heavy (non-hydrogen) atoms. The summed E-state index contributed by atoms with van der Waals surface area (Å²) in [5.41, 5.74) is -0.856. The number of likely N-dealkylation sites (tertiary alicyclic amines) is 1. The van der Waals surface area contributed by atoms with Gasteiger partial charge in [-0.1, -0.05) is 0 Å². The van der Waals surface area contributed by atoms with E-state index in [2.05, 4.69) is 5.32 Å². The van der Waals surface area contributed by atoms with Crippen molar-refractivity contribution in [2.24, 2.45) is 5.41 Å². The highest BCUT2D eigenvalue weighted by atomic mass is 19.1. The zero-order valence-electron chi connectivity index (χ0n) is 10.2. The van der Waals surface area contributed by atoms with Gasteiger partial charge >= 0.3 is 12.0 Å². The van der Waals surface area contributed by atoms with E-state index in [-0.39, 0.29) is 25.5 Å². The zero-order valence-corrected chi connectivity index (χ0v) is 10.2. The van der Waals surface area contributed by atoms with Crippen molar-refractivity contribution in [1.82, 2.24) is 10.2 Å². The van der Waals surface area contributed by atoms with E-state index in [0.29, 0.717) is 13.0 Å². The van der Waals surface area contributed by atoms with Gasteiger partial charge in [0.05, 0.1) is 11.6 Å². The third kappa shape index (κ3) is 3.57. The van der Waals surface area contributed by atoms with Crippen LogP contribution in [0.3, 0.4) is 0 Å². The van der Waals surface area contributed by atoms with E-state index in [4.69, 9.17) is 5.11 Å². The van der Waals surface area contributed by atoms with Crippen molar-refractivity contribution in [3.05, 3.63) is 0 Å². The molecule has 0 aromatic rings. The van der Waals surface area contributed by atoms with Gasteiger partial charge in [-0.2, -0.15) is 0 Å². The van der Waals surface area contributed by atoms with E-state index in [9.17, 15) is 14.0 Å². The molecule has 98 valence electrons. The van der Waals surface area contributed by atoms with E-state index >= 15 is 0 Å². The van der Waals surface area contributed by atoms with Gasteiger partial charge in [-0.25, -0.2) is 9.18 Å². The van der Waals surface area contributed by atoms with Crippen LogP contribution in [0, 0.1) is 5.41 Å². The highest BCUT2D eigenvalue weighted by molar-refractivity contribution is 5.79. The molecule has 1 heterocycles. The molecular formula is C11H19FN2O3. The molecule has 2 unspecified atom stereocenters. The predicted molar refractivity (Wildman–Crippen MR) is 60.5 cm³/mol. The van der Waals surface area contributed by atoms with Crippen molar-refractivity contribution >= 4 is 12.0 Å². The van der Waals surface area contributed by atoms with E-state index in [0.717, 1.165) is 0 Å². The number of carboxylic acids is 1. The first-order valence-corrected chi connectivity index (χ1v) is 5.75. The summed E-state index contributed by atoms with van der Waals surface area (Å²) in [5.74, 6) is -0.884. The van der Waals surface area contributed by atoms with E-state index < -0.39 is 17.6 Å². The standard InChI is InChI=1S/C11H19FN2O3/c1-8(12)3-5-13-10(17)14-6-4-11(2,7-14)9(15)16/h8H,3-7H2,1-2H3,(H,13,17)(H,15,16). The minimum absolute atomic E-state index is 0.208. The number of alkyl halides is 1. The Morgan fingerprint density at radius 3 is 2.71 bits per heavy atom. The van der Waals surface area contributed by atoms with Gasteiger partial charge in [-0.15, -0.1) is 0 Å². The van der Waals surface area contributed by atoms with E-state index in [1.165, 1.54) is 11.8 Å². The fraction of sp³-hybridized carbons (Fsp3) is 0.818. The van der Waals surface area contributed by atoms with Crippen molar-refractivity contribution in [2.75, 3.05) is 19.6 Å². The first kappa shape index (κ1) is 13.7. The van der Waals surface area contributed by atoms with Crippen LogP contribution in [0.25, 0.3) is 0 Å². The Morgan fingerprint density at radius 1 is 1.59 bits per heavy atom. The van der Waals surface area contributed by atoms with Crippen molar-refractivity contribution in [1.29, 1.82) is 0 Å².